The van der Waals surface area contributed by atoms with Gasteiger partial charge in [0.15, 0.2) is 6.20 Å². The molecule has 1 aliphatic rings. The molecule has 2 heterocycles. The van der Waals surface area contributed by atoms with E-state index in [0.29, 0.717) is 0 Å². The molecule has 2 nitrogen and oxygen atoms in total. The lowest BCUT2D eigenvalue weighted by Crippen LogP contribution is -2.33. The van der Waals surface area contributed by atoms with Crippen LogP contribution in [0.1, 0.15) is 19.3 Å². The summed E-state index contributed by atoms with van der Waals surface area (Å²) < 4.78 is 2.20. The molecular formula is C17H21N2+. The second-order valence-corrected chi connectivity index (χ2v) is 5.29. The van der Waals surface area contributed by atoms with Gasteiger partial charge in [0.25, 0.3) is 0 Å². The number of hydrogen-bond acceptors (Lipinski definition) is 1. The molecule has 0 unspecified atom stereocenters. The van der Waals surface area contributed by atoms with Gasteiger partial charge in [-0.2, -0.15) is 0 Å². The third-order valence-corrected chi connectivity index (χ3v) is 3.92. The Kier molecular flexibility index (Phi) is 3.49. The fourth-order valence-corrected chi connectivity index (χ4v) is 2.80. The number of rotatable bonds is 2. The van der Waals surface area contributed by atoms with Crippen LogP contribution in [-0.4, -0.2) is 13.1 Å². The third kappa shape index (κ3) is 2.62. The second-order valence-electron chi connectivity index (χ2n) is 5.29. The first-order chi connectivity index (χ1) is 9.34. The van der Waals surface area contributed by atoms with E-state index in [2.05, 4.69) is 65.2 Å². The van der Waals surface area contributed by atoms with Crippen LogP contribution in [-0.2, 0) is 7.05 Å². The van der Waals surface area contributed by atoms with Crippen molar-refractivity contribution < 1.29 is 4.57 Å². The van der Waals surface area contributed by atoms with Gasteiger partial charge in [0.05, 0.1) is 0 Å². The van der Waals surface area contributed by atoms with E-state index in [-0.39, 0.29) is 0 Å². The topological polar surface area (TPSA) is 7.12 Å². The summed E-state index contributed by atoms with van der Waals surface area (Å²) >= 11 is 0. The number of pyridine rings is 1. The van der Waals surface area contributed by atoms with E-state index in [1.165, 1.54) is 49.3 Å². The average molecular weight is 253 g/mol. The summed E-state index contributed by atoms with van der Waals surface area (Å²) in [6, 6.07) is 15.2. The minimum Gasteiger partial charge on any atom is -0.371 e. The van der Waals surface area contributed by atoms with E-state index in [0.717, 1.165) is 0 Å². The molecule has 1 aromatic heterocycles. The van der Waals surface area contributed by atoms with Gasteiger partial charge in [-0.1, -0.05) is 18.2 Å². The molecule has 1 fully saturated rings. The molecule has 2 heteroatoms. The van der Waals surface area contributed by atoms with Crippen molar-refractivity contribution in [1.82, 2.24) is 0 Å². The molecule has 1 aliphatic heterocycles. The summed E-state index contributed by atoms with van der Waals surface area (Å²) in [5, 5.41) is 0. The van der Waals surface area contributed by atoms with Crippen molar-refractivity contribution in [3.8, 4) is 11.3 Å². The molecule has 1 aromatic carbocycles. The van der Waals surface area contributed by atoms with Crippen LogP contribution in [0.25, 0.3) is 11.3 Å². The number of piperidine rings is 1. The van der Waals surface area contributed by atoms with Gasteiger partial charge < -0.3 is 4.90 Å². The Morgan fingerprint density at radius 1 is 0.947 bits per heavy atom. The lowest BCUT2D eigenvalue weighted by molar-refractivity contribution is -0.660. The molecule has 0 bridgehead atoms. The van der Waals surface area contributed by atoms with Gasteiger partial charge in [-0.05, 0) is 31.4 Å². The van der Waals surface area contributed by atoms with E-state index in [1.807, 2.05) is 0 Å². The molecule has 0 amide bonds. The van der Waals surface area contributed by atoms with Gasteiger partial charge in [-0.25, -0.2) is 4.57 Å². The van der Waals surface area contributed by atoms with E-state index in [9.17, 15) is 0 Å². The Bertz CT molecular complexity index is 542. The molecule has 2 aromatic rings. The fourth-order valence-electron chi connectivity index (χ4n) is 2.80. The summed E-state index contributed by atoms with van der Waals surface area (Å²) in [7, 11) is 2.11. The maximum Gasteiger partial charge on any atom is 0.214 e. The maximum absolute atomic E-state index is 2.51. The van der Waals surface area contributed by atoms with E-state index in [1.54, 1.807) is 0 Å². The van der Waals surface area contributed by atoms with Gasteiger partial charge in [0, 0.05) is 36.5 Å². The highest BCUT2D eigenvalue weighted by molar-refractivity contribution is 5.61. The predicted molar refractivity (Wildman–Crippen MR) is 79.1 cm³/mol. The number of nitrogens with zero attached hydrogens (tertiary/aromatic N) is 2. The lowest BCUT2D eigenvalue weighted by Gasteiger charge is -2.28. The molecule has 0 N–H and O–H groups in total. The third-order valence-electron chi connectivity index (χ3n) is 3.92. The number of aryl methyl sites for hydroxylation is 1. The fraction of sp³-hybridized carbons (Fsp3) is 0.353. The SMILES string of the molecule is C[n+]1ccc(N2CCCCC2)cc1-c1ccccc1. The summed E-state index contributed by atoms with van der Waals surface area (Å²) in [6.45, 7) is 2.39. The Balaban J connectivity index is 1.96. The van der Waals surface area contributed by atoms with Crippen molar-refractivity contribution in [2.45, 2.75) is 19.3 Å². The molecule has 3 rings (SSSR count). The molecule has 0 atom stereocenters. The molecule has 0 aliphatic carbocycles. The monoisotopic (exact) mass is 253 g/mol. The largest absolute Gasteiger partial charge is 0.371 e. The summed E-state index contributed by atoms with van der Waals surface area (Å²) in [6.07, 6.45) is 6.19. The predicted octanol–water partition coefficient (Wildman–Crippen LogP) is 3.17. The number of hydrogen-bond donors (Lipinski definition) is 0. The van der Waals surface area contributed by atoms with Crippen molar-refractivity contribution >= 4 is 5.69 Å². The lowest BCUT2D eigenvalue weighted by atomic mass is 10.1. The van der Waals surface area contributed by atoms with Crippen molar-refractivity contribution in [2.24, 2.45) is 7.05 Å². The van der Waals surface area contributed by atoms with Gasteiger partial charge in [-0.15, -0.1) is 0 Å². The molecule has 0 saturated carbocycles. The Morgan fingerprint density at radius 2 is 1.68 bits per heavy atom. The highest BCUT2D eigenvalue weighted by atomic mass is 15.1. The van der Waals surface area contributed by atoms with E-state index >= 15 is 0 Å². The Morgan fingerprint density at radius 3 is 2.42 bits per heavy atom. The first-order valence-corrected chi connectivity index (χ1v) is 7.15. The van der Waals surface area contributed by atoms with Crippen molar-refractivity contribution in [3.63, 3.8) is 0 Å². The summed E-state index contributed by atoms with van der Waals surface area (Å²) in [5.74, 6) is 0. The van der Waals surface area contributed by atoms with E-state index < -0.39 is 0 Å². The van der Waals surface area contributed by atoms with Gasteiger partial charge >= 0.3 is 0 Å². The smallest absolute Gasteiger partial charge is 0.214 e. The van der Waals surface area contributed by atoms with E-state index in [4.69, 9.17) is 0 Å². The molecule has 19 heavy (non-hydrogen) atoms. The van der Waals surface area contributed by atoms with Crippen LogP contribution in [0.2, 0.25) is 0 Å². The zero-order chi connectivity index (χ0) is 13.1. The van der Waals surface area contributed by atoms with Gasteiger partial charge in [-0.3, -0.25) is 0 Å². The number of benzene rings is 1. The van der Waals surface area contributed by atoms with Crippen molar-refractivity contribution in [1.29, 1.82) is 0 Å². The number of aromatic nitrogens is 1. The normalized spacial score (nSPS) is 15.5. The first-order valence-electron chi connectivity index (χ1n) is 7.15. The highest BCUT2D eigenvalue weighted by Crippen LogP contribution is 2.23. The van der Waals surface area contributed by atoms with Gasteiger partial charge in [0.2, 0.25) is 5.69 Å². The van der Waals surface area contributed by atoms with Gasteiger partial charge in [0.1, 0.15) is 7.05 Å². The second kappa shape index (κ2) is 5.43. The zero-order valence-electron chi connectivity index (χ0n) is 11.5. The summed E-state index contributed by atoms with van der Waals surface area (Å²) in [5.41, 5.74) is 3.92. The quantitative estimate of drug-likeness (QED) is 0.746. The first kappa shape index (κ1) is 12.2. The van der Waals surface area contributed by atoms with Crippen LogP contribution in [0.5, 0.6) is 0 Å². The van der Waals surface area contributed by atoms with Crippen LogP contribution >= 0.6 is 0 Å². The minimum atomic E-state index is 1.20. The molecule has 1 saturated heterocycles. The van der Waals surface area contributed by atoms with Crippen molar-refractivity contribution in [2.75, 3.05) is 18.0 Å². The molecule has 0 spiro atoms. The van der Waals surface area contributed by atoms with Crippen LogP contribution in [0.4, 0.5) is 5.69 Å². The molecular weight excluding hydrogens is 232 g/mol. The van der Waals surface area contributed by atoms with Crippen LogP contribution in [0.15, 0.2) is 48.7 Å². The summed E-state index contributed by atoms with van der Waals surface area (Å²) in [4.78, 5) is 2.51. The average Bonchev–Trinajstić information content (AvgIpc) is 2.49. The Labute approximate surface area is 115 Å². The van der Waals surface area contributed by atoms with Crippen LogP contribution < -0.4 is 9.47 Å². The Hall–Kier alpha value is -1.83. The maximum atomic E-state index is 2.51. The zero-order valence-corrected chi connectivity index (χ0v) is 11.5. The molecule has 98 valence electrons. The molecule has 0 radical (unpaired) electrons. The van der Waals surface area contributed by atoms with Crippen LogP contribution in [0.3, 0.4) is 0 Å². The number of anilines is 1. The minimum absolute atomic E-state index is 1.20. The van der Waals surface area contributed by atoms with Crippen molar-refractivity contribution in [3.05, 3.63) is 48.7 Å². The standard InChI is InChI=1S/C17H21N2/c1-18-13-10-16(19-11-6-3-7-12-19)14-17(18)15-8-4-2-5-9-15/h2,4-5,8-10,13-14H,3,6-7,11-12H2,1H3/q+1. The van der Waals surface area contributed by atoms with Crippen LogP contribution in [0, 0.1) is 0 Å². The highest BCUT2D eigenvalue weighted by Gasteiger charge is 2.15.